The summed E-state index contributed by atoms with van der Waals surface area (Å²) < 4.78 is 0.156. The Morgan fingerprint density at radius 1 is 1.18 bits per heavy atom. The largest absolute Gasteiger partial charge is 0.0917 e. The van der Waals surface area contributed by atoms with Gasteiger partial charge in [-0.2, -0.15) is 0 Å². The fourth-order valence-electron chi connectivity index (χ4n) is 0.723. The molecule has 64 valence electrons. The van der Waals surface area contributed by atoms with Gasteiger partial charge in [-0.3, -0.25) is 0 Å². The molecule has 0 aliphatic heterocycles. The van der Waals surface area contributed by atoms with Crippen LogP contribution in [0.5, 0.6) is 0 Å². The molecule has 0 N–H and O–H groups in total. The molecule has 0 aromatic heterocycles. The van der Waals surface area contributed by atoms with E-state index in [1.165, 1.54) is 0 Å². The molecule has 0 rings (SSSR count). The monoisotopic (exact) mass is 216 g/mol. The number of alkyl halides is 1. The quantitative estimate of drug-likeness (QED) is 0.378. The predicted octanol–water partition coefficient (Wildman–Crippen LogP) is 4.07. The highest BCUT2D eigenvalue weighted by atomic mass is 79.9. The summed E-state index contributed by atoms with van der Waals surface area (Å²) in [7, 11) is 0. The molecular formula is C10H17Br. The predicted molar refractivity (Wildman–Crippen MR) is 56.2 cm³/mol. The molecule has 0 radical (unpaired) electrons. The molecule has 0 aromatic carbocycles. The number of rotatable bonds is 4. The summed E-state index contributed by atoms with van der Waals surface area (Å²) in [6.07, 6.45) is 11.0. The van der Waals surface area contributed by atoms with Crippen LogP contribution >= 0.6 is 15.9 Å². The minimum atomic E-state index is 0.156. The summed E-state index contributed by atoms with van der Waals surface area (Å²) in [5.74, 6) is 0. The van der Waals surface area contributed by atoms with E-state index < -0.39 is 0 Å². The van der Waals surface area contributed by atoms with Gasteiger partial charge >= 0.3 is 0 Å². The molecule has 0 unspecified atom stereocenters. The molecule has 0 aromatic rings. The number of hydrogen-bond donors (Lipinski definition) is 0. The third-order valence-electron chi connectivity index (χ3n) is 1.25. The van der Waals surface area contributed by atoms with Crippen molar-refractivity contribution < 1.29 is 0 Å². The normalized spacial score (nSPS) is 13.5. The molecule has 0 heterocycles. The fourth-order valence-corrected chi connectivity index (χ4v) is 0.910. The molecule has 0 bridgehead atoms. The van der Waals surface area contributed by atoms with Gasteiger partial charge < -0.3 is 0 Å². The molecule has 0 atom stereocenters. The number of halogens is 1. The van der Waals surface area contributed by atoms with Crippen molar-refractivity contribution >= 4 is 15.9 Å². The van der Waals surface area contributed by atoms with Gasteiger partial charge in [-0.15, -0.1) is 0 Å². The molecule has 1 heteroatoms. The van der Waals surface area contributed by atoms with E-state index in [2.05, 4.69) is 61.0 Å². The molecule has 0 spiro atoms. The van der Waals surface area contributed by atoms with Crippen molar-refractivity contribution in [2.45, 2.75) is 37.9 Å². The second-order valence-electron chi connectivity index (χ2n) is 3.11. The van der Waals surface area contributed by atoms with E-state index in [1.54, 1.807) is 0 Å². The maximum Gasteiger partial charge on any atom is 0.0380 e. The zero-order valence-corrected chi connectivity index (χ0v) is 9.19. The smallest absolute Gasteiger partial charge is 0.0380 e. The van der Waals surface area contributed by atoms with E-state index in [1.807, 2.05) is 0 Å². The lowest BCUT2D eigenvalue weighted by molar-refractivity contribution is 0.905. The van der Waals surface area contributed by atoms with Crippen LogP contribution in [0.3, 0.4) is 0 Å². The Hall–Kier alpha value is -0.0400. The Kier molecular flexibility index (Phi) is 5.57. The van der Waals surface area contributed by atoms with Crippen molar-refractivity contribution in [2.24, 2.45) is 0 Å². The van der Waals surface area contributed by atoms with Crippen molar-refractivity contribution in [2.75, 3.05) is 0 Å². The SMILES string of the molecule is CC=CCCC=CC(C)(C)Br. The minimum absolute atomic E-state index is 0.156. The van der Waals surface area contributed by atoms with Crippen molar-refractivity contribution in [1.82, 2.24) is 0 Å². The van der Waals surface area contributed by atoms with Gasteiger partial charge in [0.15, 0.2) is 0 Å². The van der Waals surface area contributed by atoms with E-state index in [0.717, 1.165) is 12.8 Å². The van der Waals surface area contributed by atoms with Gasteiger partial charge in [0.05, 0.1) is 0 Å². The second kappa shape index (κ2) is 5.59. The fraction of sp³-hybridized carbons (Fsp3) is 0.600. The first-order valence-electron chi connectivity index (χ1n) is 4.04. The van der Waals surface area contributed by atoms with Gasteiger partial charge in [-0.05, 0) is 33.6 Å². The standard InChI is InChI=1S/C10H17Br/c1-4-5-6-7-8-9-10(2,3)11/h4-5,8-9H,6-7H2,1-3H3. The van der Waals surface area contributed by atoms with E-state index in [-0.39, 0.29) is 4.32 Å². The van der Waals surface area contributed by atoms with Crippen molar-refractivity contribution in [3.63, 3.8) is 0 Å². The van der Waals surface area contributed by atoms with Gasteiger partial charge in [-0.1, -0.05) is 40.2 Å². The highest BCUT2D eigenvalue weighted by molar-refractivity contribution is 9.10. The summed E-state index contributed by atoms with van der Waals surface area (Å²) in [6, 6.07) is 0. The summed E-state index contributed by atoms with van der Waals surface area (Å²) in [4.78, 5) is 0. The molecule has 11 heavy (non-hydrogen) atoms. The molecule has 0 nitrogen and oxygen atoms in total. The zero-order chi connectivity index (χ0) is 8.74. The lowest BCUT2D eigenvalue weighted by Gasteiger charge is -2.07. The Morgan fingerprint density at radius 2 is 1.73 bits per heavy atom. The topological polar surface area (TPSA) is 0 Å². The summed E-state index contributed by atoms with van der Waals surface area (Å²) >= 11 is 3.54. The molecule has 0 aliphatic rings. The third kappa shape index (κ3) is 9.96. The van der Waals surface area contributed by atoms with Crippen LogP contribution in [0.15, 0.2) is 24.3 Å². The molecule has 0 saturated heterocycles. The van der Waals surface area contributed by atoms with Crippen molar-refractivity contribution in [1.29, 1.82) is 0 Å². The Balaban J connectivity index is 3.45. The highest BCUT2D eigenvalue weighted by Crippen LogP contribution is 2.17. The summed E-state index contributed by atoms with van der Waals surface area (Å²) in [5, 5.41) is 0. The Morgan fingerprint density at radius 3 is 2.18 bits per heavy atom. The van der Waals surface area contributed by atoms with Crippen molar-refractivity contribution in [3.8, 4) is 0 Å². The van der Waals surface area contributed by atoms with Crippen LogP contribution in [0.4, 0.5) is 0 Å². The highest BCUT2D eigenvalue weighted by Gasteiger charge is 2.04. The van der Waals surface area contributed by atoms with Crippen LogP contribution in [0.25, 0.3) is 0 Å². The number of allylic oxidation sites excluding steroid dienone is 4. The van der Waals surface area contributed by atoms with E-state index in [4.69, 9.17) is 0 Å². The van der Waals surface area contributed by atoms with Crippen LogP contribution in [-0.4, -0.2) is 4.32 Å². The van der Waals surface area contributed by atoms with E-state index in [9.17, 15) is 0 Å². The second-order valence-corrected chi connectivity index (χ2v) is 5.16. The first-order chi connectivity index (χ1) is 5.06. The third-order valence-corrected chi connectivity index (χ3v) is 1.51. The molecular weight excluding hydrogens is 200 g/mol. The van der Waals surface area contributed by atoms with Crippen LogP contribution in [0, 0.1) is 0 Å². The first kappa shape index (κ1) is 11.0. The maximum absolute atomic E-state index is 3.54. The minimum Gasteiger partial charge on any atom is -0.0917 e. The Labute approximate surface area is 78.5 Å². The van der Waals surface area contributed by atoms with Gasteiger partial charge in [0, 0.05) is 4.32 Å². The van der Waals surface area contributed by atoms with Gasteiger partial charge in [-0.25, -0.2) is 0 Å². The maximum atomic E-state index is 3.54. The van der Waals surface area contributed by atoms with Gasteiger partial charge in [0.25, 0.3) is 0 Å². The van der Waals surface area contributed by atoms with Gasteiger partial charge in [0.1, 0.15) is 0 Å². The number of hydrogen-bond acceptors (Lipinski definition) is 0. The van der Waals surface area contributed by atoms with Crippen molar-refractivity contribution in [3.05, 3.63) is 24.3 Å². The number of unbranched alkanes of at least 4 members (excludes halogenated alkanes) is 1. The molecule has 0 amide bonds. The molecule has 0 saturated carbocycles. The van der Waals surface area contributed by atoms with Crippen LogP contribution < -0.4 is 0 Å². The molecule has 0 fully saturated rings. The summed E-state index contributed by atoms with van der Waals surface area (Å²) in [6.45, 7) is 6.33. The average Bonchev–Trinajstić information content (AvgIpc) is 1.85. The van der Waals surface area contributed by atoms with Gasteiger partial charge in [0.2, 0.25) is 0 Å². The lowest BCUT2D eigenvalue weighted by atomic mass is 10.2. The van der Waals surface area contributed by atoms with E-state index >= 15 is 0 Å². The zero-order valence-electron chi connectivity index (χ0n) is 7.60. The lowest BCUT2D eigenvalue weighted by Crippen LogP contribution is -2.02. The molecule has 0 aliphatic carbocycles. The first-order valence-corrected chi connectivity index (χ1v) is 4.83. The van der Waals surface area contributed by atoms with Crippen LogP contribution in [0.1, 0.15) is 33.6 Å². The van der Waals surface area contributed by atoms with E-state index in [0.29, 0.717) is 0 Å². The van der Waals surface area contributed by atoms with Crippen LogP contribution in [0.2, 0.25) is 0 Å². The summed E-state index contributed by atoms with van der Waals surface area (Å²) in [5.41, 5.74) is 0. The van der Waals surface area contributed by atoms with Crippen LogP contribution in [-0.2, 0) is 0 Å². The Bertz CT molecular complexity index is 137. The average molecular weight is 217 g/mol.